The number of nitrogens with two attached hydrogens (primary N) is 1. The molecule has 1 amide bonds. The first kappa shape index (κ1) is 21.9. The molecule has 2 heterocycles. The number of carbonyl (C=O) groups excluding carboxylic acids is 1. The average Bonchev–Trinajstić information content (AvgIpc) is 3.10. The Labute approximate surface area is 178 Å². The summed E-state index contributed by atoms with van der Waals surface area (Å²) in [6.45, 7) is 4.36. The smallest absolute Gasteiger partial charge is 0.330 e. The van der Waals surface area contributed by atoms with Crippen molar-refractivity contribution in [1.82, 2.24) is 9.55 Å². The Kier molecular flexibility index (Phi) is 6.52. The summed E-state index contributed by atoms with van der Waals surface area (Å²) in [7, 11) is 1.49. The van der Waals surface area contributed by atoms with E-state index in [4.69, 9.17) is 26.8 Å². The highest BCUT2D eigenvalue weighted by Gasteiger charge is 2.35. The molecule has 2 aromatic rings. The fourth-order valence-corrected chi connectivity index (χ4v) is 3.62. The molecule has 162 valence electrons. The van der Waals surface area contributed by atoms with E-state index in [2.05, 4.69) is 4.98 Å². The Bertz CT molecular complexity index is 1060. The summed E-state index contributed by atoms with van der Waals surface area (Å²) in [6, 6.07) is 5.13. The van der Waals surface area contributed by atoms with Crippen molar-refractivity contribution in [2.45, 2.75) is 32.9 Å². The molecule has 0 aliphatic carbocycles. The lowest BCUT2D eigenvalue weighted by Crippen LogP contribution is -2.47. The zero-order valence-corrected chi connectivity index (χ0v) is 17.9. The average molecular weight is 437 g/mol. The molecule has 0 bridgehead atoms. The van der Waals surface area contributed by atoms with Crippen LogP contribution in [0.2, 0.25) is 5.02 Å². The second-order valence-corrected chi connectivity index (χ2v) is 7.98. The van der Waals surface area contributed by atoms with E-state index in [0.29, 0.717) is 23.7 Å². The van der Waals surface area contributed by atoms with Gasteiger partial charge in [-0.3, -0.25) is 24.0 Å². The van der Waals surface area contributed by atoms with Gasteiger partial charge in [0.25, 0.3) is 11.5 Å². The Balaban J connectivity index is 2.00. The second-order valence-electron chi connectivity index (χ2n) is 7.54. The van der Waals surface area contributed by atoms with Crippen LogP contribution in [-0.4, -0.2) is 41.8 Å². The molecule has 0 saturated carbocycles. The molecule has 0 spiro atoms. The van der Waals surface area contributed by atoms with Crippen molar-refractivity contribution in [1.29, 1.82) is 0 Å². The minimum absolute atomic E-state index is 0.0689. The molecule has 0 fully saturated rings. The molecule has 3 N–H and O–H groups in total. The molecule has 0 radical (unpaired) electrons. The second kappa shape index (κ2) is 8.93. The molecule has 1 unspecified atom stereocenters. The van der Waals surface area contributed by atoms with Gasteiger partial charge in [-0.2, -0.15) is 0 Å². The summed E-state index contributed by atoms with van der Waals surface area (Å²) >= 11 is 6.03. The number of ether oxygens (including phenoxy) is 2. The fourth-order valence-electron chi connectivity index (χ4n) is 3.43. The number of halogens is 1. The molecule has 1 aliphatic rings. The molecule has 1 atom stereocenters. The van der Waals surface area contributed by atoms with Crippen LogP contribution in [0.1, 0.15) is 19.4 Å². The van der Waals surface area contributed by atoms with Gasteiger partial charge in [-0.25, -0.2) is 4.79 Å². The van der Waals surface area contributed by atoms with E-state index in [-0.39, 0.29) is 30.6 Å². The number of nitrogens with zero attached hydrogens (tertiary/aromatic N) is 2. The highest BCUT2D eigenvalue weighted by Crippen LogP contribution is 2.32. The van der Waals surface area contributed by atoms with Crippen LogP contribution in [0.5, 0.6) is 5.75 Å². The number of fused-ring (bicyclic) bond motifs is 1. The first-order valence-electron chi connectivity index (χ1n) is 9.61. The van der Waals surface area contributed by atoms with E-state index in [1.807, 2.05) is 13.8 Å². The minimum Gasteiger partial charge on any atom is -0.480 e. The van der Waals surface area contributed by atoms with Crippen LogP contribution in [0.3, 0.4) is 0 Å². The van der Waals surface area contributed by atoms with Crippen LogP contribution >= 0.6 is 11.6 Å². The molecule has 1 aromatic heterocycles. The number of carbonyl (C=O) groups is 1. The summed E-state index contributed by atoms with van der Waals surface area (Å²) in [6.07, 6.45) is -0.540. The Morgan fingerprint density at radius 3 is 2.83 bits per heavy atom. The SMILES string of the molecule is COCCN(C(=O)C1Cc2cc(Cl)ccc2O1)c1c(N)n(CC(C)C)c(=O)[nH]c1=O. The summed E-state index contributed by atoms with van der Waals surface area (Å²) < 4.78 is 12.2. The lowest BCUT2D eigenvalue weighted by Gasteiger charge is -2.26. The van der Waals surface area contributed by atoms with Gasteiger partial charge < -0.3 is 15.2 Å². The first-order chi connectivity index (χ1) is 14.2. The van der Waals surface area contributed by atoms with Crippen molar-refractivity contribution in [2.75, 3.05) is 30.9 Å². The van der Waals surface area contributed by atoms with E-state index in [1.165, 1.54) is 16.6 Å². The Morgan fingerprint density at radius 2 is 2.17 bits per heavy atom. The van der Waals surface area contributed by atoms with E-state index < -0.39 is 23.3 Å². The highest BCUT2D eigenvalue weighted by atomic mass is 35.5. The predicted octanol–water partition coefficient (Wildman–Crippen LogP) is 1.41. The van der Waals surface area contributed by atoms with Crippen LogP contribution in [0, 0.1) is 5.92 Å². The predicted molar refractivity (Wildman–Crippen MR) is 114 cm³/mol. The van der Waals surface area contributed by atoms with Gasteiger partial charge in [0.2, 0.25) is 0 Å². The lowest BCUT2D eigenvalue weighted by molar-refractivity contribution is -0.124. The topological polar surface area (TPSA) is 120 Å². The maximum atomic E-state index is 13.3. The van der Waals surface area contributed by atoms with Gasteiger partial charge in [-0.05, 0) is 29.7 Å². The molecular formula is C20H25ClN4O5. The number of amides is 1. The van der Waals surface area contributed by atoms with Gasteiger partial charge in [0.15, 0.2) is 11.8 Å². The van der Waals surface area contributed by atoms with Crippen molar-refractivity contribution in [2.24, 2.45) is 5.92 Å². The summed E-state index contributed by atoms with van der Waals surface area (Å²) in [5, 5.41) is 0.545. The molecular weight excluding hydrogens is 412 g/mol. The van der Waals surface area contributed by atoms with Crippen LogP contribution in [-0.2, 0) is 22.5 Å². The standard InChI is InChI=1S/C20H25ClN4O5/c1-11(2)10-25-17(22)16(18(26)23-20(25)28)24(6-7-29-3)19(27)15-9-12-8-13(21)4-5-14(12)30-15/h4-5,8,11,15H,6-7,9-10,22H2,1-3H3,(H,23,26,28). The molecule has 3 rings (SSSR count). The van der Waals surface area contributed by atoms with Gasteiger partial charge in [0.05, 0.1) is 6.61 Å². The third-order valence-corrected chi connectivity index (χ3v) is 5.02. The highest BCUT2D eigenvalue weighted by molar-refractivity contribution is 6.30. The number of nitrogens with one attached hydrogen (secondary N) is 1. The number of hydrogen-bond acceptors (Lipinski definition) is 6. The van der Waals surface area contributed by atoms with Gasteiger partial charge >= 0.3 is 5.69 Å². The molecule has 30 heavy (non-hydrogen) atoms. The number of rotatable bonds is 7. The van der Waals surface area contributed by atoms with Crippen LogP contribution in [0.15, 0.2) is 27.8 Å². The number of aromatic nitrogens is 2. The first-order valence-corrected chi connectivity index (χ1v) is 9.98. The van der Waals surface area contributed by atoms with E-state index in [0.717, 1.165) is 5.56 Å². The molecule has 1 aromatic carbocycles. The Hall–Kier alpha value is -2.78. The normalized spacial score (nSPS) is 15.2. The van der Waals surface area contributed by atoms with Gasteiger partial charge in [-0.15, -0.1) is 0 Å². The van der Waals surface area contributed by atoms with Crippen LogP contribution < -0.4 is 26.6 Å². The number of aromatic amines is 1. The number of H-pyrrole nitrogens is 1. The van der Waals surface area contributed by atoms with E-state index in [1.54, 1.807) is 18.2 Å². The lowest BCUT2D eigenvalue weighted by atomic mass is 10.1. The summed E-state index contributed by atoms with van der Waals surface area (Å²) in [5.41, 5.74) is 5.56. The zero-order valence-electron chi connectivity index (χ0n) is 17.1. The maximum absolute atomic E-state index is 13.3. The zero-order chi connectivity index (χ0) is 22.0. The van der Waals surface area contributed by atoms with Crippen LogP contribution in [0.25, 0.3) is 0 Å². The van der Waals surface area contributed by atoms with E-state index >= 15 is 0 Å². The minimum atomic E-state index is -0.848. The van der Waals surface area contributed by atoms with Gasteiger partial charge in [0.1, 0.15) is 11.6 Å². The van der Waals surface area contributed by atoms with E-state index in [9.17, 15) is 14.4 Å². The third-order valence-electron chi connectivity index (χ3n) is 4.79. The van der Waals surface area contributed by atoms with Crippen molar-refractivity contribution >= 4 is 29.0 Å². The number of nitrogen functional groups attached to an aromatic ring is 1. The van der Waals surface area contributed by atoms with Crippen molar-refractivity contribution in [3.05, 3.63) is 49.6 Å². The number of benzene rings is 1. The van der Waals surface area contributed by atoms with Gasteiger partial charge in [-0.1, -0.05) is 25.4 Å². The fraction of sp³-hybridized carbons (Fsp3) is 0.450. The number of hydrogen-bond donors (Lipinski definition) is 2. The number of methoxy groups -OCH3 is 1. The largest absolute Gasteiger partial charge is 0.480 e. The maximum Gasteiger partial charge on any atom is 0.330 e. The van der Waals surface area contributed by atoms with Crippen molar-refractivity contribution < 1.29 is 14.3 Å². The van der Waals surface area contributed by atoms with Gasteiger partial charge in [0, 0.05) is 31.6 Å². The van der Waals surface area contributed by atoms with Crippen LogP contribution in [0.4, 0.5) is 11.5 Å². The summed E-state index contributed by atoms with van der Waals surface area (Å²) in [5.74, 6) is 0.146. The molecule has 9 nitrogen and oxygen atoms in total. The summed E-state index contributed by atoms with van der Waals surface area (Å²) in [4.78, 5) is 41.7. The quantitative estimate of drug-likeness (QED) is 0.677. The Morgan fingerprint density at radius 1 is 1.43 bits per heavy atom. The third kappa shape index (κ3) is 4.36. The van der Waals surface area contributed by atoms with Crippen molar-refractivity contribution in [3.8, 4) is 5.75 Å². The number of anilines is 2. The van der Waals surface area contributed by atoms with Crippen molar-refractivity contribution in [3.63, 3.8) is 0 Å². The molecule has 10 heteroatoms. The molecule has 0 saturated heterocycles. The monoisotopic (exact) mass is 436 g/mol. The molecule has 1 aliphatic heterocycles.